The Morgan fingerprint density at radius 3 is 2.60 bits per heavy atom. The lowest BCUT2D eigenvalue weighted by Gasteiger charge is -2.18. The predicted octanol–water partition coefficient (Wildman–Crippen LogP) is 2.18. The smallest absolute Gasteiger partial charge is 0.323 e. The molecule has 0 aromatic carbocycles. The van der Waals surface area contributed by atoms with Gasteiger partial charge in [0.1, 0.15) is 0 Å². The zero-order chi connectivity index (χ0) is 14.7. The van der Waals surface area contributed by atoms with Crippen molar-refractivity contribution in [3.8, 4) is 6.01 Å². The Balaban J connectivity index is 2.14. The molecule has 1 heterocycles. The molecular formula is C14H25N5O. The lowest BCUT2D eigenvalue weighted by atomic mass is 10.3. The zero-order valence-electron chi connectivity index (χ0n) is 13.1. The van der Waals surface area contributed by atoms with Crippen LogP contribution in [0.3, 0.4) is 0 Å². The summed E-state index contributed by atoms with van der Waals surface area (Å²) in [7, 11) is 2.02. The molecule has 0 amide bonds. The summed E-state index contributed by atoms with van der Waals surface area (Å²) >= 11 is 0. The van der Waals surface area contributed by atoms with E-state index < -0.39 is 0 Å². The molecule has 0 bridgehead atoms. The van der Waals surface area contributed by atoms with E-state index in [1.54, 1.807) is 0 Å². The summed E-state index contributed by atoms with van der Waals surface area (Å²) in [6.07, 6.45) is 1.35. The Morgan fingerprint density at radius 2 is 2.05 bits per heavy atom. The average Bonchev–Trinajstić information content (AvgIpc) is 3.04. The normalized spacial score (nSPS) is 20.9. The zero-order valence-corrected chi connectivity index (χ0v) is 13.1. The maximum atomic E-state index is 5.60. The van der Waals surface area contributed by atoms with Crippen LogP contribution in [-0.4, -0.2) is 41.2 Å². The number of aromatic nitrogens is 3. The van der Waals surface area contributed by atoms with Crippen LogP contribution < -0.4 is 15.0 Å². The molecule has 20 heavy (non-hydrogen) atoms. The van der Waals surface area contributed by atoms with E-state index in [0.29, 0.717) is 17.9 Å². The molecule has 0 spiro atoms. The summed E-state index contributed by atoms with van der Waals surface area (Å²) in [5, 5.41) is 3.13. The topological polar surface area (TPSA) is 63.2 Å². The standard InChI is InChI=1S/C14H25N5O/c1-6-15-12-16-13(18-14(17-12)20-9(2)3)19(5)8-11-7-10(11)4/h9-11H,6-8H2,1-5H3,(H,15,16,17,18). The molecule has 2 rings (SSSR count). The molecule has 0 aliphatic heterocycles. The molecule has 0 radical (unpaired) electrons. The van der Waals surface area contributed by atoms with E-state index in [0.717, 1.165) is 24.9 Å². The Kier molecular flexibility index (Phi) is 4.62. The minimum atomic E-state index is 0.0495. The van der Waals surface area contributed by atoms with Crippen molar-refractivity contribution in [3.05, 3.63) is 0 Å². The second kappa shape index (κ2) is 6.24. The van der Waals surface area contributed by atoms with Gasteiger partial charge in [-0.25, -0.2) is 0 Å². The Bertz CT molecular complexity index is 451. The van der Waals surface area contributed by atoms with Crippen molar-refractivity contribution in [3.63, 3.8) is 0 Å². The summed E-state index contributed by atoms with van der Waals surface area (Å²) in [5.74, 6) is 2.82. The molecule has 1 fully saturated rings. The summed E-state index contributed by atoms with van der Waals surface area (Å²) in [6.45, 7) is 9.98. The van der Waals surface area contributed by atoms with Gasteiger partial charge in [0.2, 0.25) is 11.9 Å². The van der Waals surface area contributed by atoms with Crippen LogP contribution >= 0.6 is 0 Å². The number of nitrogens with zero attached hydrogens (tertiary/aromatic N) is 4. The molecule has 1 aromatic heterocycles. The van der Waals surface area contributed by atoms with Crippen LogP contribution in [0.15, 0.2) is 0 Å². The van der Waals surface area contributed by atoms with Gasteiger partial charge in [0, 0.05) is 20.1 Å². The minimum absolute atomic E-state index is 0.0495. The number of hydrogen-bond donors (Lipinski definition) is 1. The maximum Gasteiger partial charge on any atom is 0.323 e. The minimum Gasteiger partial charge on any atom is -0.461 e. The van der Waals surface area contributed by atoms with Crippen LogP contribution in [0, 0.1) is 11.8 Å². The second-order valence-electron chi connectivity index (χ2n) is 5.79. The van der Waals surface area contributed by atoms with Gasteiger partial charge in [0.05, 0.1) is 6.10 Å². The quantitative estimate of drug-likeness (QED) is 0.825. The highest BCUT2D eigenvalue weighted by molar-refractivity contribution is 5.38. The first kappa shape index (κ1) is 14.8. The molecule has 2 unspecified atom stereocenters. The molecule has 1 aromatic rings. The van der Waals surface area contributed by atoms with Crippen LogP contribution in [0.5, 0.6) is 6.01 Å². The van der Waals surface area contributed by atoms with Gasteiger partial charge >= 0.3 is 6.01 Å². The molecule has 1 saturated carbocycles. The van der Waals surface area contributed by atoms with Gasteiger partial charge in [-0.1, -0.05) is 6.92 Å². The number of hydrogen-bond acceptors (Lipinski definition) is 6. The van der Waals surface area contributed by atoms with E-state index in [2.05, 4.69) is 32.1 Å². The molecule has 2 atom stereocenters. The van der Waals surface area contributed by atoms with Crippen LogP contribution in [0.4, 0.5) is 11.9 Å². The first-order valence-electron chi connectivity index (χ1n) is 7.37. The Labute approximate surface area is 121 Å². The predicted molar refractivity (Wildman–Crippen MR) is 80.3 cm³/mol. The molecule has 1 N–H and O–H groups in total. The van der Waals surface area contributed by atoms with Gasteiger partial charge in [-0.2, -0.15) is 15.0 Å². The van der Waals surface area contributed by atoms with Gasteiger partial charge in [0.25, 0.3) is 0 Å². The SMILES string of the molecule is CCNc1nc(OC(C)C)nc(N(C)CC2CC2C)n1. The number of anilines is 2. The molecule has 1 aliphatic carbocycles. The first-order chi connectivity index (χ1) is 9.49. The van der Waals surface area contributed by atoms with Crippen molar-refractivity contribution in [2.45, 2.75) is 40.2 Å². The van der Waals surface area contributed by atoms with Gasteiger partial charge in [0.15, 0.2) is 0 Å². The third kappa shape index (κ3) is 3.95. The number of ether oxygens (including phenoxy) is 1. The summed E-state index contributed by atoms with van der Waals surface area (Å²) in [5.41, 5.74) is 0. The maximum absolute atomic E-state index is 5.60. The van der Waals surface area contributed by atoms with Gasteiger partial charge in [-0.05, 0) is 39.0 Å². The van der Waals surface area contributed by atoms with Crippen LogP contribution in [0.25, 0.3) is 0 Å². The fraction of sp³-hybridized carbons (Fsp3) is 0.786. The lowest BCUT2D eigenvalue weighted by molar-refractivity contribution is 0.222. The molecule has 0 saturated heterocycles. The number of nitrogens with one attached hydrogen (secondary N) is 1. The highest BCUT2D eigenvalue weighted by Gasteiger charge is 2.33. The molecular weight excluding hydrogens is 254 g/mol. The van der Waals surface area contributed by atoms with Crippen LogP contribution in [-0.2, 0) is 0 Å². The Hall–Kier alpha value is -1.59. The van der Waals surface area contributed by atoms with Gasteiger partial charge in [-0.3, -0.25) is 0 Å². The fourth-order valence-electron chi connectivity index (χ4n) is 2.10. The second-order valence-corrected chi connectivity index (χ2v) is 5.79. The van der Waals surface area contributed by atoms with Crippen LogP contribution in [0.2, 0.25) is 0 Å². The van der Waals surface area contributed by atoms with Crippen molar-refractivity contribution in [1.29, 1.82) is 0 Å². The lowest BCUT2D eigenvalue weighted by Crippen LogP contribution is -2.24. The molecule has 6 nitrogen and oxygen atoms in total. The summed E-state index contributed by atoms with van der Waals surface area (Å²) in [4.78, 5) is 15.2. The first-order valence-corrected chi connectivity index (χ1v) is 7.37. The largest absolute Gasteiger partial charge is 0.461 e. The van der Waals surface area contributed by atoms with Crippen molar-refractivity contribution in [2.75, 3.05) is 30.4 Å². The summed E-state index contributed by atoms with van der Waals surface area (Å²) < 4.78 is 5.60. The van der Waals surface area contributed by atoms with E-state index in [-0.39, 0.29) is 6.10 Å². The third-order valence-electron chi connectivity index (χ3n) is 3.41. The van der Waals surface area contributed by atoms with E-state index in [9.17, 15) is 0 Å². The van der Waals surface area contributed by atoms with E-state index in [4.69, 9.17) is 4.74 Å². The van der Waals surface area contributed by atoms with E-state index in [1.165, 1.54) is 6.42 Å². The van der Waals surface area contributed by atoms with Crippen molar-refractivity contribution >= 4 is 11.9 Å². The summed E-state index contributed by atoms with van der Waals surface area (Å²) in [6, 6.07) is 0.386. The average molecular weight is 279 g/mol. The molecule has 1 aliphatic rings. The highest BCUT2D eigenvalue weighted by atomic mass is 16.5. The third-order valence-corrected chi connectivity index (χ3v) is 3.41. The fourth-order valence-corrected chi connectivity index (χ4v) is 2.10. The van der Waals surface area contributed by atoms with Gasteiger partial charge in [-0.15, -0.1) is 0 Å². The molecule has 112 valence electrons. The highest BCUT2D eigenvalue weighted by Crippen LogP contribution is 2.38. The van der Waals surface area contributed by atoms with Crippen molar-refractivity contribution in [1.82, 2.24) is 15.0 Å². The van der Waals surface area contributed by atoms with Crippen LogP contribution in [0.1, 0.15) is 34.1 Å². The monoisotopic (exact) mass is 279 g/mol. The van der Waals surface area contributed by atoms with Crippen molar-refractivity contribution in [2.24, 2.45) is 11.8 Å². The molecule has 6 heteroatoms. The van der Waals surface area contributed by atoms with E-state index in [1.807, 2.05) is 27.8 Å². The number of rotatable bonds is 7. The Morgan fingerprint density at radius 1 is 1.35 bits per heavy atom. The van der Waals surface area contributed by atoms with Gasteiger partial charge < -0.3 is 15.0 Å². The van der Waals surface area contributed by atoms with Crippen molar-refractivity contribution < 1.29 is 4.74 Å². The van der Waals surface area contributed by atoms with E-state index >= 15 is 0 Å².